The van der Waals surface area contributed by atoms with E-state index in [1.165, 1.54) is 29.7 Å². The lowest BCUT2D eigenvalue weighted by Gasteiger charge is -2.22. The monoisotopic (exact) mass is 458 g/mol. The zero-order valence-electron chi connectivity index (χ0n) is 15.4. The number of nitrogens with zero attached hydrogens (tertiary/aromatic N) is 2. The number of rotatable bonds is 5. The zero-order chi connectivity index (χ0) is 22.6. The average Bonchev–Trinajstić information content (AvgIpc) is 2.46. The van der Waals surface area contributed by atoms with Crippen molar-refractivity contribution in [1.82, 2.24) is 0 Å². The lowest BCUT2D eigenvalue weighted by molar-refractivity contribution is -0.703. The summed E-state index contributed by atoms with van der Waals surface area (Å²) < 4.78 is 112. The van der Waals surface area contributed by atoms with Crippen molar-refractivity contribution in [3.8, 4) is 0 Å². The summed E-state index contributed by atoms with van der Waals surface area (Å²) in [6.07, 6.45) is 4.78. The highest BCUT2D eigenvalue weighted by molar-refractivity contribution is 8.13. The van der Waals surface area contributed by atoms with Crippen molar-refractivity contribution in [3.63, 3.8) is 0 Å². The summed E-state index contributed by atoms with van der Waals surface area (Å²) in [6, 6.07) is 2.25. The first-order valence-corrected chi connectivity index (χ1v) is 10.6. The molecule has 0 aliphatic heterocycles. The molecule has 0 amide bonds. The van der Waals surface area contributed by atoms with Gasteiger partial charge < -0.3 is 4.13 Å². The van der Waals surface area contributed by atoms with Gasteiger partial charge in [0, 0.05) is 24.5 Å². The van der Waals surface area contributed by atoms with E-state index in [0.717, 1.165) is 10.7 Å². The number of alkyl halides is 6. The van der Waals surface area contributed by atoms with E-state index in [2.05, 4.69) is 44.5 Å². The van der Waals surface area contributed by atoms with Crippen molar-refractivity contribution in [3.05, 3.63) is 33.2 Å². The number of aryl methyl sites for hydroxylation is 3. The van der Waals surface area contributed by atoms with E-state index in [0.29, 0.717) is 0 Å². The van der Waals surface area contributed by atoms with Gasteiger partial charge in [-0.05, 0) is 19.9 Å². The lowest BCUT2D eigenvalue weighted by Crippen LogP contribution is -2.37. The predicted molar refractivity (Wildman–Crippen MR) is 89.1 cm³/mol. The van der Waals surface area contributed by atoms with Gasteiger partial charge in [0.2, 0.25) is 0 Å². The molecule has 1 aromatic heterocycles. The number of hydrogen-bond acceptors (Lipinski definition) is 4. The lowest BCUT2D eigenvalue weighted by atomic mass is 10.1. The van der Waals surface area contributed by atoms with Crippen LogP contribution in [-0.4, -0.2) is 27.9 Å². The SMILES string of the molecule is CCCC[n+]1cc(C)cc(C)c1C.O=S(=O)([N-]S(=O)(=O)C(F)(F)F)C(F)(F)F. The molecule has 0 aromatic carbocycles. The molecule has 1 heterocycles. The Morgan fingerprint density at radius 3 is 1.71 bits per heavy atom. The standard InChI is InChI=1S/C12H20N.C2F6NO4S2/c1-5-6-7-13-9-10(2)8-11(3)12(13)4;3-1(4,5)14(10,11)9-15(12,13)2(6,7)8/h8-9H,5-7H2,1-4H3;/q+1;-1. The summed E-state index contributed by atoms with van der Waals surface area (Å²) in [5, 5.41) is 0. The zero-order valence-corrected chi connectivity index (χ0v) is 17.0. The first kappa shape index (κ1) is 26.6. The number of hydrogen-bond donors (Lipinski definition) is 0. The van der Waals surface area contributed by atoms with Crippen LogP contribution in [0.2, 0.25) is 0 Å². The minimum Gasteiger partial charge on any atom is -0.421 e. The van der Waals surface area contributed by atoms with Gasteiger partial charge in [-0.1, -0.05) is 13.3 Å². The molecule has 0 spiro atoms. The minimum atomic E-state index is -6.72. The molecular formula is C14H20F6N2O4S2. The first-order valence-electron chi connectivity index (χ1n) is 7.70. The molecule has 1 rings (SSSR count). The molecule has 0 radical (unpaired) electrons. The maximum Gasteiger partial charge on any atom is 0.480 e. The van der Waals surface area contributed by atoms with Crippen LogP contribution in [0, 0.1) is 20.8 Å². The van der Waals surface area contributed by atoms with Gasteiger partial charge in [-0.2, -0.15) is 26.3 Å². The van der Waals surface area contributed by atoms with Gasteiger partial charge in [-0.15, -0.1) is 0 Å². The highest BCUT2D eigenvalue weighted by Crippen LogP contribution is 2.36. The second-order valence-electron chi connectivity index (χ2n) is 5.75. The molecule has 0 fully saturated rings. The normalized spacial score (nSPS) is 13.1. The van der Waals surface area contributed by atoms with Crippen molar-refractivity contribution < 1.29 is 47.7 Å². The Hall–Kier alpha value is -1.41. The molecule has 0 aliphatic carbocycles. The quantitative estimate of drug-likeness (QED) is 0.497. The Balaban J connectivity index is 0.000000525. The molecule has 164 valence electrons. The number of halogens is 6. The maximum atomic E-state index is 11.4. The molecular weight excluding hydrogens is 438 g/mol. The molecule has 1 aromatic rings. The first-order chi connectivity index (χ1) is 12.4. The molecule has 0 saturated heterocycles. The summed E-state index contributed by atoms with van der Waals surface area (Å²) in [4.78, 5) is 0. The molecule has 0 saturated carbocycles. The Morgan fingerprint density at radius 2 is 1.36 bits per heavy atom. The Kier molecular flexibility index (Phi) is 8.92. The fourth-order valence-electron chi connectivity index (χ4n) is 1.83. The molecule has 28 heavy (non-hydrogen) atoms. The predicted octanol–water partition coefficient (Wildman–Crippen LogP) is 3.76. The fraction of sp³-hybridized carbons (Fsp3) is 0.643. The second kappa shape index (κ2) is 9.39. The Bertz CT molecular complexity index is 836. The van der Waals surface area contributed by atoms with Gasteiger partial charge in [0.25, 0.3) is 0 Å². The van der Waals surface area contributed by atoms with Crippen LogP contribution in [0.3, 0.4) is 0 Å². The van der Waals surface area contributed by atoms with E-state index in [1.54, 1.807) is 0 Å². The van der Waals surface area contributed by atoms with Gasteiger partial charge in [-0.3, -0.25) is 0 Å². The van der Waals surface area contributed by atoms with E-state index in [1.807, 2.05) is 0 Å². The van der Waals surface area contributed by atoms with Crippen LogP contribution in [0.1, 0.15) is 36.6 Å². The van der Waals surface area contributed by atoms with Gasteiger partial charge in [0.05, 0.1) is 0 Å². The summed E-state index contributed by atoms with van der Waals surface area (Å²) in [5.41, 5.74) is -8.24. The van der Waals surface area contributed by atoms with Crippen LogP contribution >= 0.6 is 0 Å². The van der Waals surface area contributed by atoms with Crippen LogP contribution in [-0.2, 0) is 26.6 Å². The van der Waals surface area contributed by atoms with Crippen molar-refractivity contribution in [2.75, 3.05) is 0 Å². The van der Waals surface area contributed by atoms with Crippen molar-refractivity contribution in [1.29, 1.82) is 0 Å². The fourth-order valence-corrected chi connectivity index (χ4v) is 3.54. The number of unbranched alkanes of at least 4 members (excludes halogenated alkanes) is 1. The number of pyridine rings is 1. The molecule has 0 N–H and O–H groups in total. The molecule has 0 aliphatic rings. The summed E-state index contributed by atoms with van der Waals surface area (Å²) in [5.74, 6) is 0. The maximum absolute atomic E-state index is 11.4. The van der Waals surface area contributed by atoms with E-state index in [4.69, 9.17) is 0 Å². The Morgan fingerprint density at radius 1 is 0.929 bits per heavy atom. The van der Waals surface area contributed by atoms with Gasteiger partial charge in [0.15, 0.2) is 31.9 Å². The topological polar surface area (TPSA) is 86.3 Å². The van der Waals surface area contributed by atoms with Crippen LogP contribution in [0.5, 0.6) is 0 Å². The van der Waals surface area contributed by atoms with Gasteiger partial charge >= 0.3 is 11.0 Å². The highest BCUT2D eigenvalue weighted by atomic mass is 32.3. The molecule has 0 bridgehead atoms. The van der Waals surface area contributed by atoms with Gasteiger partial charge in [-0.25, -0.2) is 21.4 Å². The van der Waals surface area contributed by atoms with Crippen LogP contribution in [0.4, 0.5) is 26.3 Å². The smallest absolute Gasteiger partial charge is 0.421 e. The van der Waals surface area contributed by atoms with Crippen LogP contribution in [0.15, 0.2) is 12.3 Å². The van der Waals surface area contributed by atoms with E-state index >= 15 is 0 Å². The van der Waals surface area contributed by atoms with Crippen molar-refractivity contribution in [2.24, 2.45) is 0 Å². The van der Waals surface area contributed by atoms with E-state index < -0.39 is 31.1 Å². The minimum absolute atomic E-state index is 0.778. The molecule has 0 atom stereocenters. The Labute approximate surface area is 159 Å². The largest absolute Gasteiger partial charge is 0.480 e. The molecule has 6 nitrogen and oxygen atoms in total. The van der Waals surface area contributed by atoms with E-state index in [-0.39, 0.29) is 0 Å². The van der Waals surface area contributed by atoms with Crippen molar-refractivity contribution >= 4 is 20.0 Å². The average molecular weight is 458 g/mol. The third-order valence-electron chi connectivity index (χ3n) is 3.34. The summed E-state index contributed by atoms with van der Waals surface area (Å²) in [7, 11) is -13.4. The van der Waals surface area contributed by atoms with Crippen LogP contribution < -0.4 is 4.57 Å². The van der Waals surface area contributed by atoms with E-state index in [9.17, 15) is 43.2 Å². The van der Waals surface area contributed by atoms with Crippen LogP contribution in [0.25, 0.3) is 4.13 Å². The molecule has 14 heteroatoms. The number of sulfonamides is 2. The summed E-state index contributed by atoms with van der Waals surface area (Å²) in [6.45, 7) is 9.94. The third kappa shape index (κ3) is 7.54. The highest BCUT2D eigenvalue weighted by Gasteiger charge is 2.46. The van der Waals surface area contributed by atoms with Crippen molar-refractivity contribution in [2.45, 2.75) is 58.1 Å². The third-order valence-corrected chi connectivity index (χ3v) is 6.08. The molecule has 0 unspecified atom stereocenters. The number of aromatic nitrogens is 1. The second-order valence-corrected chi connectivity index (χ2v) is 9.17. The van der Waals surface area contributed by atoms with Gasteiger partial charge in [0.1, 0.15) is 6.54 Å². The summed E-state index contributed by atoms with van der Waals surface area (Å²) >= 11 is 0.